The number of nitrogens with zero attached hydrogens (tertiary/aromatic N) is 3. The van der Waals surface area contributed by atoms with Crippen LogP contribution < -0.4 is 21.1 Å². The van der Waals surface area contributed by atoms with Crippen molar-refractivity contribution in [3.8, 4) is 17.0 Å². The Balaban J connectivity index is 1.40. The molecule has 2 aromatic carbocycles. The third-order valence-corrected chi connectivity index (χ3v) is 9.96. The molecule has 0 radical (unpaired) electrons. The summed E-state index contributed by atoms with van der Waals surface area (Å²) in [6.07, 6.45) is 7.82. The average molecular weight is 639 g/mol. The van der Waals surface area contributed by atoms with Crippen LogP contribution in [0.3, 0.4) is 0 Å². The third-order valence-electron chi connectivity index (χ3n) is 8.09. The molecular formula is C32H42N6O6S. The molecule has 6 rings (SSSR count). The van der Waals surface area contributed by atoms with Crippen molar-refractivity contribution in [2.75, 3.05) is 64.2 Å². The molecule has 45 heavy (non-hydrogen) atoms. The number of hydrogen-bond donors (Lipinski definition) is 3. The van der Waals surface area contributed by atoms with E-state index in [2.05, 4.69) is 20.6 Å². The van der Waals surface area contributed by atoms with Crippen LogP contribution in [0.2, 0.25) is 0 Å². The minimum absolute atomic E-state index is 0.0325. The number of likely N-dealkylation sites (N-methyl/N-ethyl adjacent to an activating group) is 1. The standard InChI is InChI=1S/C32H42N6O6S/c1-38-14-15-42-16-17-43-18-19-44-30-25(21-34-20-23-6-3-2-4-7-23)8-5-9-27(30)37-32(39)29-31(33)35-22-28(36-29)24-10-12-26(13-11-24)45(38,40)41/h5,8-13,22-23,34H,2-4,6-7,14-21H2,1H3,(H2,33,35)(H,37,39). The van der Waals surface area contributed by atoms with Crippen LogP contribution in [0.15, 0.2) is 53.6 Å². The van der Waals surface area contributed by atoms with Crippen molar-refractivity contribution in [3.63, 3.8) is 0 Å². The van der Waals surface area contributed by atoms with Gasteiger partial charge in [0.2, 0.25) is 10.0 Å². The second kappa shape index (κ2) is 15.6. The highest BCUT2D eigenvalue weighted by atomic mass is 32.2. The molecule has 242 valence electrons. The minimum atomic E-state index is -3.73. The number of nitrogen functional groups attached to an aromatic ring is 1. The number of nitrogens with one attached hydrogen (secondary N) is 2. The van der Waals surface area contributed by atoms with Crippen LogP contribution in [0, 0.1) is 5.92 Å². The Morgan fingerprint density at radius 3 is 2.51 bits per heavy atom. The zero-order valence-electron chi connectivity index (χ0n) is 25.7. The van der Waals surface area contributed by atoms with E-state index >= 15 is 0 Å². The molecule has 12 nitrogen and oxygen atoms in total. The first-order valence-corrected chi connectivity index (χ1v) is 16.9. The van der Waals surface area contributed by atoms with E-state index in [9.17, 15) is 13.2 Å². The average Bonchev–Trinajstić information content (AvgIpc) is 3.05. The molecule has 0 saturated heterocycles. The maximum atomic E-state index is 13.5. The third kappa shape index (κ3) is 8.56. The largest absolute Gasteiger partial charge is 0.489 e. The minimum Gasteiger partial charge on any atom is -0.489 e. The van der Waals surface area contributed by atoms with Gasteiger partial charge in [0.1, 0.15) is 12.4 Å². The molecule has 4 N–H and O–H groups in total. The monoisotopic (exact) mass is 638 g/mol. The summed E-state index contributed by atoms with van der Waals surface area (Å²) in [4.78, 5) is 22.3. The summed E-state index contributed by atoms with van der Waals surface area (Å²) >= 11 is 0. The first-order valence-electron chi connectivity index (χ1n) is 15.4. The van der Waals surface area contributed by atoms with E-state index in [1.54, 1.807) is 18.2 Å². The molecule has 3 heterocycles. The number of carbonyl (C=O) groups is 1. The van der Waals surface area contributed by atoms with Crippen molar-refractivity contribution in [1.29, 1.82) is 0 Å². The summed E-state index contributed by atoms with van der Waals surface area (Å²) in [7, 11) is -2.22. The quantitative estimate of drug-likeness (QED) is 0.360. The molecule has 2 aliphatic heterocycles. The van der Waals surface area contributed by atoms with Gasteiger partial charge in [0.25, 0.3) is 5.91 Å². The van der Waals surface area contributed by atoms with Gasteiger partial charge >= 0.3 is 0 Å². The smallest absolute Gasteiger partial charge is 0.278 e. The fourth-order valence-electron chi connectivity index (χ4n) is 5.50. The van der Waals surface area contributed by atoms with Crippen LogP contribution in [0.5, 0.6) is 5.75 Å². The van der Waals surface area contributed by atoms with E-state index < -0.39 is 15.9 Å². The van der Waals surface area contributed by atoms with Crippen molar-refractivity contribution < 1.29 is 27.4 Å². The number of benzene rings is 2. The number of amides is 1. The van der Waals surface area contributed by atoms with Gasteiger partial charge in [-0.05, 0) is 43.5 Å². The summed E-state index contributed by atoms with van der Waals surface area (Å²) < 4.78 is 44.8. The van der Waals surface area contributed by atoms with Gasteiger partial charge in [0.05, 0.1) is 48.9 Å². The van der Waals surface area contributed by atoms with Gasteiger partial charge in [-0.3, -0.25) is 4.79 Å². The first kappa shape index (κ1) is 32.8. The molecule has 1 aliphatic carbocycles. The predicted molar refractivity (Wildman–Crippen MR) is 172 cm³/mol. The highest BCUT2D eigenvalue weighted by Gasteiger charge is 2.22. The summed E-state index contributed by atoms with van der Waals surface area (Å²) in [5.74, 6) is 0.641. The van der Waals surface area contributed by atoms with E-state index in [-0.39, 0.29) is 36.2 Å². The van der Waals surface area contributed by atoms with Crippen LogP contribution in [-0.2, 0) is 26.0 Å². The Bertz CT molecular complexity index is 1550. The molecule has 13 heteroatoms. The van der Waals surface area contributed by atoms with Crippen molar-refractivity contribution in [2.45, 2.75) is 43.5 Å². The number of anilines is 2. The molecular weight excluding hydrogens is 596 g/mol. The lowest BCUT2D eigenvalue weighted by Crippen LogP contribution is -2.30. The number of para-hydroxylation sites is 1. The Morgan fingerprint density at radius 1 is 1.00 bits per heavy atom. The lowest BCUT2D eigenvalue weighted by molar-refractivity contribution is 0.0346. The maximum absolute atomic E-state index is 13.5. The SMILES string of the molecule is CN1CCOCCOCCOc2c(CNCC3CCCCC3)cccc2NC(=O)c2nc(cnc2N)-c2ccc(cc2)S1(=O)=O. The van der Waals surface area contributed by atoms with E-state index in [1.807, 2.05) is 12.1 Å². The molecule has 0 unspecified atom stereocenters. The van der Waals surface area contributed by atoms with E-state index in [1.165, 1.54) is 61.8 Å². The van der Waals surface area contributed by atoms with E-state index in [0.717, 1.165) is 12.1 Å². The highest BCUT2D eigenvalue weighted by Crippen LogP contribution is 2.31. The number of aromatic nitrogens is 2. The molecule has 0 atom stereocenters. The fraction of sp³-hybridized carbons (Fsp3) is 0.469. The van der Waals surface area contributed by atoms with Gasteiger partial charge < -0.3 is 30.6 Å². The number of fused-ring (bicyclic) bond motifs is 13. The Kier molecular flexibility index (Phi) is 11.3. The van der Waals surface area contributed by atoms with Crippen molar-refractivity contribution in [1.82, 2.24) is 19.6 Å². The number of ether oxygens (including phenoxy) is 3. The second-order valence-electron chi connectivity index (χ2n) is 11.3. The molecule has 3 aromatic rings. The first-order chi connectivity index (χ1) is 21.8. The number of rotatable bonds is 4. The Hall–Kier alpha value is -3.62. The van der Waals surface area contributed by atoms with Gasteiger partial charge in [-0.15, -0.1) is 0 Å². The molecule has 1 amide bonds. The van der Waals surface area contributed by atoms with Gasteiger partial charge in [-0.25, -0.2) is 18.4 Å². The molecule has 0 spiro atoms. The summed E-state index contributed by atoms with van der Waals surface area (Å²) in [5, 5.41) is 6.50. The molecule has 1 saturated carbocycles. The van der Waals surface area contributed by atoms with Gasteiger partial charge in [-0.2, -0.15) is 4.31 Å². The van der Waals surface area contributed by atoms with Crippen molar-refractivity contribution in [2.24, 2.45) is 5.92 Å². The summed E-state index contributed by atoms with van der Waals surface area (Å²) in [6.45, 7) is 3.10. The number of hydrogen-bond acceptors (Lipinski definition) is 10. The van der Waals surface area contributed by atoms with Crippen molar-refractivity contribution >= 4 is 27.4 Å². The van der Waals surface area contributed by atoms with E-state index in [4.69, 9.17) is 19.9 Å². The Labute approximate surface area is 264 Å². The van der Waals surface area contributed by atoms with Crippen molar-refractivity contribution in [3.05, 3.63) is 59.9 Å². The lowest BCUT2D eigenvalue weighted by atomic mass is 9.89. The van der Waals surface area contributed by atoms with Crippen LogP contribution in [-0.4, -0.2) is 81.8 Å². The maximum Gasteiger partial charge on any atom is 0.278 e. The van der Waals surface area contributed by atoms with Gasteiger partial charge in [-0.1, -0.05) is 43.5 Å². The number of nitrogens with two attached hydrogens (primary N) is 1. The van der Waals surface area contributed by atoms with Gasteiger partial charge in [0, 0.05) is 31.3 Å². The number of sulfonamides is 1. The summed E-state index contributed by atoms with van der Waals surface area (Å²) in [6, 6.07) is 11.9. The zero-order valence-corrected chi connectivity index (χ0v) is 26.5. The second-order valence-corrected chi connectivity index (χ2v) is 13.3. The van der Waals surface area contributed by atoms with Crippen LogP contribution in [0.4, 0.5) is 11.5 Å². The van der Waals surface area contributed by atoms with E-state index in [0.29, 0.717) is 55.0 Å². The molecule has 4 bridgehead atoms. The van der Waals surface area contributed by atoms with Gasteiger partial charge in [0.15, 0.2) is 11.5 Å². The fourth-order valence-corrected chi connectivity index (χ4v) is 6.65. The predicted octanol–water partition coefficient (Wildman–Crippen LogP) is 3.69. The lowest BCUT2D eigenvalue weighted by Gasteiger charge is -2.22. The van der Waals surface area contributed by atoms with Crippen LogP contribution in [0.1, 0.15) is 48.2 Å². The number of carbonyl (C=O) groups excluding carboxylic acids is 1. The molecule has 3 aliphatic rings. The van der Waals surface area contributed by atoms with Crippen LogP contribution >= 0.6 is 0 Å². The van der Waals surface area contributed by atoms with Crippen LogP contribution in [0.25, 0.3) is 11.3 Å². The zero-order chi connectivity index (χ0) is 31.6. The molecule has 1 fully saturated rings. The highest BCUT2D eigenvalue weighted by molar-refractivity contribution is 7.89. The topological polar surface area (TPSA) is 158 Å². The Morgan fingerprint density at radius 2 is 1.73 bits per heavy atom. The molecule has 1 aromatic heterocycles. The summed E-state index contributed by atoms with van der Waals surface area (Å²) in [5.41, 5.74) is 8.39. The normalized spacial score (nSPS) is 19.0.